The summed E-state index contributed by atoms with van der Waals surface area (Å²) in [7, 11) is 0. The third kappa shape index (κ3) is 7.10. The number of hydrogen-bond acceptors (Lipinski definition) is 12. The molecule has 0 saturated carbocycles. The number of rotatable bonds is 14. The Labute approximate surface area is 264 Å². The molecule has 1 saturated heterocycles. The van der Waals surface area contributed by atoms with Crippen LogP contribution in [-0.2, 0) is 36.7 Å². The molecule has 0 bridgehead atoms. The van der Waals surface area contributed by atoms with Crippen molar-refractivity contribution in [1.29, 1.82) is 0 Å². The maximum atomic E-state index is 13.4. The van der Waals surface area contributed by atoms with Crippen LogP contribution in [0.25, 0.3) is 11.2 Å². The van der Waals surface area contributed by atoms with Crippen molar-refractivity contribution in [2.24, 2.45) is 0 Å². The summed E-state index contributed by atoms with van der Waals surface area (Å²) in [6.07, 6.45) is -5.55. The molecule has 1 fully saturated rings. The number of aliphatic hydroxyl groups is 3. The minimum Gasteiger partial charge on any atom is -0.464 e. The van der Waals surface area contributed by atoms with Crippen molar-refractivity contribution in [2.45, 2.75) is 63.2 Å². The van der Waals surface area contributed by atoms with E-state index in [1.165, 1.54) is 10.9 Å². The van der Waals surface area contributed by atoms with Gasteiger partial charge in [0, 0.05) is 19.6 Å². The Balaban J connectivity index is 1.38. The molecule has 45 heavy (non-hydrogen) atoms. The summed E-state index contributed by atoms with van der Waals surface area (Å²) in [4.78, 5) is 26.4. The summed E-state index contributed by atoms with van der Waals surface area (Å²) >= 11 is 6.26. The molecular formula is C31H36ClN5O8. The Morgan fingerprint density at radius 1 is 1.04 bits per heavy atom. The van der Waals surface area contributed by atoms with Crippen LogP contribution in [0.4, 0.5) is 5.82 Å². The van der Waals surface area contributed by atoms with Crippen molar-refractivity contribution in [3.8, 4) is 0 Å². The molecule has 4 aromatic rings. The fraction of sp³-hybridized carbons (Fsp3) is 0.419. The molecule has 240 valence electrons. The monoisotopic (exact) mass is 641 g/mol. The van der Waals surface area contributed by atoms with Gasteiger partial charge in [-0.2, -0.15) is 9.97 Å². The standard InChI is InChI=1S/C31H36ClN5O8/c1-3-42-28(40)31(29(41)43-4-2,15-19-11-7-5-8-12-19)44-17-21-23(38)24(39)27(45-21)37-18-34-22-25(35-30(32)36-26(22)37)33-16-20-13-9-6-10-14-20/h5-14,18,21,23-24,27-28,38-40H,3-4,15-17H2,1-2H3,(H,33,35,36)/t21-,23-,24-,27-,28?,31?/m1/s1. The third-order valence-corrected chi connectivity index (χ3v) is 7.64. The first-order valence-electron chi connectivity index (χ1n) is 14.6. The number of anilines is 1. The zero-order valence-electron chi connectivity index (χ0n) is 24.8. The Morgan fingerprint density at radius 2 is 1.73 bits per heavy atom. The third-order valence-electron chi connectivity index (χ3n) is 7.47. The minimum atomic E-state index is -2.00. The van der Waals surface area contributed by atoms with E-state index >= 15 is 0 Å². The lowest BCUT2D eigenvalue weighted by Crippen LogP contribution is -2.57. The van der Waals surface area contributed by atoms with Crippen molar-refractivity contribution < 1.29 is 39.1 Å². The molecule has 5 rings (SSSR count). The molecule has 3 heterocycles. The van der Waals surface area contributed by atoms with E-state index < -0.39 is 49.0 Å². The fourth-order valence-electron chi connectivity index (χ4n) is 5.19. The molecule has 2 unspecified atom stereocenters. The number of nitrogens with one attached hydrogen (secondary N) is 1. The largest absolute Gasteiger partial charge is 0.464 e. The number of aliphatic hydroxyl groups excluding tert-OH is 3. The second-order valence-corrected chi connectivity index (χ2v) is 10.8. The zero-order valence-corrected chi connectivity index (χ0v) is 25.6. The first-order valence-corrected chi connectivity index (χ1v) is 15.0. The summed E-state index contributed by atoms with van der Waals surface area (Å²) < 4.78 is 24.4. The van der Waals surface area contributed by atoms with Crippen LogP contribution in [0.3, 0.4) is 0 Å². The summed E-state index contributed by atoms with van der Waals surface area (Å²) in [6.45, 7) is 3.47. The topological polar surface area (TPSA) is 170 Å². The lowest BCUT2D eigenvalue weighted by Gasteiger charge is -2.36. The highest BCUT2D eigenvalue weighted by molar-refractivity contribution is 6.28. The van der Waals surface area contributed by atoms with E-state index in [0.29, 0.717) is 23.4 Å². The van der Waals surface area contributed by atoms with Gasteiger partial charge in [0.05, 0.1) is 19.5 Å². The minimum absolute atomic E-state index is 0.0290. The maximum Gasteiger partial charge on any atom is 0.344 e. The highest BCUT2D eigenvalue weighted by Gasteiger charge is 2.52. The van der Waals surface area contributed by atoms with Crippen LogP contribution in [0.5, 0.6) is 0 Å². The number of esters is 1. The number of carbonyl (C=O) groups excluding carboxylic acids is 1. The van der Waals surface area contributed by atoms with E-state index in [9.17, 15) is 20.1 Å². The van der Waals surface area contributed by atoms with Crippen LogP contribution in [-0.4, -0.2) is 90.8 Å². The predicted molar refractivity (Wildman–Crippen MR) is 163 cm³/mol. The first-order chi connectivity index (χ1) is 21.8. The summed E-state index contributed by atoms with van der Waals surface area (Å²) in [5, 5.41) is 36.3. The summed E-state index contributed by atoms with van der Waals surface area (Å²) in [6, 6.07) is 18.6. The average Bonchev–Trinajstić information content (AvgIpc) is 3.59. The van der Waals surface area contributed by atoms with Crippen LogP contribution in [0.15, 0.2) is 67.0 Å². The smallest absolute Gasteiger partial charge is 0.344 e. The number of imidazole rings is 1. The van der Waals surface area contributed by atoms with E-state index in [4.69, 9.17) is 30.5 Å². The molecule has 0 radical (unpaired) electrons. The lowest BCUT2D eigenvalue weighted by molar-refractivity contribution is -0.248. The first kappa shape index (κ1) is 32.7. The Hall–Kier alpha value is -3.69. The van der Waals surface area contributed by atoms with Gasteiger partial charge < -0.3 is 39.6 Å². The molecule has 1 aliphatic heterocycles. The van der Waals surface area contributed by atoms with Crippen LogP contribution in [0.1, 0.15) is 31.2 Å². The van der Waals surface area contributed by atoms with Gasteiger partial charge in [-0.3, -0.25) is 4.57 Å². The Bertz CT molecular complexity index is 1560. The van der Waals surface area contributed by atoms with Gasteiger partial charge in [0.1, 0.15) is 18.3 Å². The maximum absolute atomic E-state index is 13.4. The van der Waals surface area contributed by atoms with Crippen molar-refractivity contribution >= 4 is 34.6 Å². The van der Waals surface area contributed by atoms with Crippen molar-refractivity contribution in [3.63, 3.8) is 0 Å². The molecule has 0 amide bonds. The average molecular weight is 642 g/mol. The predicted octanol–water partition coefficient (Wildman–Crippen LogP) is 2.63. The van der Waals surface area contributed by atoms with Crippen LogP contribution in [0, 0.1) is 0 Å². The van der Waals surface area contributed by atoms with Crippen LogP contribution >= 0.6 is 11.6 Å². The van der Waals surface area contributed by atoms with Crippen LogP contribution < -0.4 is 5.32 Å². The van der Waals surface area contributed by atoms with Gasteiger partial charge >= 0.3 is 5.97 Å². The molecular weight excluding hydrogens is 606 g/mol. The molecule has 2 aromatic heterocycles. The molecule has 1 aliphatic rings. The molecule has 0 spiro atoms. The fourth-order valence-corrected chi connectivity index (χ4v) is 5.36. The van der Waals surface area contributed by atoms with E-state index in [0.717, 1.165) is 5.56 Å². The van der Waals surface area contributed by atoms with Crippen LogP contribution in [0.2, 0.25) is 5.28 Å². The molecule has 14 heteroatoms. The SMILES string of the molecule is CCOC(=O)C(Cc1ccccc1)(OC[C@H]1O[C@@H](n2cnc3c(NCc4ccccc4)nc(Cl)nc32)[C@H](O)[C@@H]1O)C(O)OCC. The number of carbonyl (C=O) groups is 1. The van der Waals surface area contributed by atoms with Gasteiger partial charge in [-0.15, -0.1) is 0 Å². The number of benzene rings is 2. The number of aromatic nitrogens is 4. The van der Waals surface area contributed by atoms with Gasteiger partial charge in [-0.25, -0.2) is 9.78 Å². The van der Waals surface area contributed by atoms with E-state index in [-0.39, 0.29) is 30.6 Å². The van der Waals surface area contributed by atoms with Gasteiger partial charge in [-0.05, 0) is 36.6 Å². The lowest BCUT2D eigenvalue weighted by atomic mass is 9.93. The molecule has 6 atom stereocenters. The van der Waals surface area contributed by atoms with Crippen molar-refractivity contribution in [3.05, 3.63) is 83.4 Å². The van der Waals surface area contributed by atoms with Gasteiger partial charge in [0.25, 0.3) is 0 Å². The molecule has 13 nitrogen and oxygen atoms in total. The Kier molecular flexibility index (Phi) is 10.6. The number of hydrogen-bond donors (Lipinski definition) is 4. The van der Waals surface area contributed by atoms with E-state index in [2.05, 4.69) is 20.3 Å². The zero-order chi connectivity index (χ0) is 32.0. The second kappa shape index (κ2) is 14.6. The van der Waals surface area contributed by atoms with Gasteiger partial charge in [0.15, 0.2) is 29.5 Å². The Morgan fingerprint density at radius 3 is 2.40 bits per heavy atom. The van der Waals surface area contributed by atoms with E-state index in [1.807, 2.05) is 36.4 Å². The van der Waals surface area contributed by atoms with Crippen molar-refractivity contribution in [2.75, 3.05) is 25.1 Å². The molecule has 2 aromatic carbocycles. The normalized spacial score (nSPS) is 21.8. The number of halogens is 1. The van der Waals surface area contributed by atoms with Gasteiger partial charge in [0.2, 0.25) is 10.9 Å². The number of ether oxygens (including phenoxy) is 4. The highest BCUT2D eigenvalue weighted by Crippen LogP contribution is 2.35. The number of nitrogens with zero attached hydrogens (tertiary/aromatic N) is 4. The number of fused-ring (bicyclic) bond motifs is 1. The quantitative estimate of drug-likeness (QED) is 0.0903. The van der Waals surface area contributed by atoms with Crippen molar-refractivity contribution in [1.82, 2.24) is 19.5 Å². The highest BCUT2D eigenvalue weighted by atomic mass is 35.5. The second-order valence-electron chi connectivity index (χ2n) is 10.4. The van der Waals surface area contributed by atoms with Gasteiger partial charge in [-0.1, -0.05) is 60.7 Å². The molecule has 4 N–H and O–H groups in total. The summed E-state index contributed by atoms with van der Waals surface area (Å²) in [5.74, 6) is -0.465. The van der Waals surface area contributed by atoms with E-state index in [1.54, 1.807) is 38.1 Å². The summed E-state index contributed by atoms with van der Waals surface area (Å²) in [5.41, 5.74) is 0.333. The molecule has 0 aliphatic carbocycles.